The molecule has 0 saturated heterocycles. The number of carboxylic acids is 1. The number of carbonyl (C=O) groups is 1. The Morgan fingerprint density at radius 2 is 2.10 bits per heavy atom. The lowest BCUT2D eigenvalue weighted by Crippen LogP contribution is -2.44. The molecule has 1 aromatic rings. The maximum absolute atomic E-state index is 11.8. The van der Waals surface area contributed by atoms with Crippen LogP contribution in [0.1, 0.15) is 44.0 Å². The molecule has 1 aliphatic carbocycles. The highest BCUT2D eigenvalue weighted by Gasteiger charge is 2.41. The molecule has 1 fully saturated rings. The largest absolute Gasteiger partial charge is 0.481 e. The number of pyridine rings is 1. The quantitative estimate of drug-likeness (QED) is 0.905. The molecule has 4 heteroatoms. The van der Waals surface area contributed by atoms with E-state index in [4.69, 9.17) is 0 Å². The molecule has 4 nitrogen and oxygen atoms in total. The number of nitrogens with zero attached hydrogens (tertiary/aromatic N) is 2. The van der Waals surface area contributed by atoms with Crippen LogP contribution in [0.5, 0.6) is 0 Å². The fourth-order valence-corrected chi connectivity index (χ4v) is 3.29. The summed E-state index contributed by atoms with van der Waals surface area (Å²) in [6, 6.07) is 5.98. The Kier molecular flexibility index (Phi) is 4.99. The second kappa shape index (κ2) is 6.56. The Balaban J connectivity index is 2.02. The van der Waals surface area contributed by atoms with Crippen molar-refractivity contribution in [3.8, 4) is 0 Å². The number of hydrogen-bond donors (Lipinski definition) is 1. The smallest absolute Gasteiger partial charge is 0.310 e. The van der Waals surface area contributed by atoms with Gasteiger partial charge in [-0.1, -0.05) is 13.0 Å². The van der Waals surface area contributed by atoms with Crippen LogP contribution in [0.4, 0.5) is 0 Å². The van der Waals surface area contributed by atoms with Gasteiger partial charge in [0.25, 0.3) is 0 Å². The van der Waals surface area contributed by atoms with Crippen LogP contribution in [-0.2, 0) is 11.3 Å². The van der Waals surface area contributed by atoms with Gasteiger partial charge in [-0.3, -0.25) is 14.7 Å². The van der Waals surface area contributed by atoms with Gasteiger partial charge in [0.1, 0.15) is 0 Å². The van der Waals surface area contributed by atoms with Crippen molar-refractivity contribution in [2.24, 2.45) is 11.3 Å². The standard InChI is InChI=1S/C17H26N2O2/c1-13-7-9-17(10-8-13,16(20)21)12-19(3)11-15-6-4-5-14(2)18-15/h4-6,13H,7-12H2,1-3H3,(H,20,21). The summed E-state index contributed by atoms with van der Waals surface area (Å²) in [6.45, 7) is 5.49. The van der Waals surface area contributed by atoms with E-state index in [-0.39, 0.29) is 0 Å². The van der Waals surface area contributed by atoms with Gasteiger partial charge in [-0.2, -0.15) is 0 Å². The first kappa shape index (κ1) is 16.0. The minimum atomic E-state index is -0.640. The van der Waals surface area contributed by atoms with Crippen LogP contribution in [0.25, 0.3) is 0 Å². The van der Waals surface area contributed by atoms with E-state index in [9.17, 15) is 9.90 Å². The van der Waals surface area contributed by atoms with Gasteiger partial charge < -0.3 is 5.11 Å². The first-order valence-corrected chi connectivity index (χ1v) is 7.76. The lowest BCUT2D eigenvalue weighted by Gasteiger charge is -2.38. The molecule has 0 aromatic carbocycles. The Hall–Kier alpha value is -1.42. The van der Waals surface area contributed by atoms with Gasteiger partial charge in [-0.25, -0.2) is 0 Å². The van der Waals surface area contributed by atoms with Crippen molar-refractivity contribution in [2.75, 3.05) is 13.6 Å². The summed E-state index contributed by atoms with van der Waals surface area (Å²) in [5.41, 5.74) is 1.42. The molecular weight excluding hydrogens is 264 g/mol. The Labute approximate surface area is 127 Å². The van der Waals surface area contributed by atoms with Gasteiger partial charge in [0.2, 0.25) is 0 Å². The zero-order chi connectivity index (χ0) is 15.5. The van der Waals surface area contributed by atoms with E-state index in [0.29, 0.717) is 19.0 Å². The third-order valence-corrected chi connectivity index (χ3v) is 4.64. The first-order valence-electron chi connectivity index (χ1n) is 7.76. The molecule has 0 aliphatic heterocycles. The maximum atomic E-state index is 11.8. The summed E-state index contributed by atoms with van der Waals surface area (Å²) >= 11 is 0. The van der Waals surface area contributed by atoms with E-state index >= 15 is 0 Å². The molecule has 0 amide bonds. The van der Waals surface area contributed by atoms with Gasteiger partial charge in [0.05, 0.1) is 11.1 Å². The van der Waals surface area contributed by atoms with E-state index in [1.807, 2.05) is 32.2 Å². The molecule has 1 aromatic heterocycles. The molecule has 1 N–H and O–H groups in total. The van der Waals surface area contributed by atoms with Crippen molar-refractivity contribution in [3.05, 3.63) is 29.6 Å². The first-order chi connectivity index (χ1) is 9.91. The topological polar surface area (TPSA) is 53.4 Å². The highest BCUT2D eigenvalue weighted by atomic mass is 16.4. The average molecular weight is 290 g/mol. The number of rotatable bonds is 5. The fourth-order valence-electron chi connectivity index (χ4n) is 3.29. The molecule has 2 rings (SSSR count). The maximum Gasteiger partial charge on any atom is 0.310 e. The zero-order valence-corrected chi connectivity index (χ0v) is 13.3. The van der Waals surface area contributed by atoms with Crippen LogP contribution >= 0.6 is 0 Å². The summed E-state index contributed by atoms with van der Waals surface area (Å²) in [6.07, 6.45) is 3.61. The lowest BCUT2D eigenvalue weighted by atomic mass is 9.70. The summed E-state index contributed by atoms with van der Waals surface area (Å²) in [5.74, 6) is 0.0136. The summed E-state index contributed by atoms with van der Waals surface area (Å²) in [5, 5.41) is 9.69. The van der Waals surface area contributed by atoms with Crippen molar-refractivity contribution in [3.63, 3.8) is 0 Å². The van der Waals surface area contributed by atoms with E-state index in [1.54, 1.807) is 0 Å². The van der Waals surface area contributed by atoms with E-state index in [1.165, 1.54) is 0 Å². The molecule has 21 heavy (non-hydrogen) atoms. The van der Waals surface area contributed by atoms with Crippen LogP contribution in [0.3, 0.4) is 0 Å². The fraction of sp³-hybridized carbons (Fsp3) is 0.647. The minimum Gasteiger partial charge on any atom is -0.481 e. The number of aliphatic carboxylic acids is 1. The second-order valence-electron chi connectivity index (χ2n) is 6.71. The van der Waals surface area contributed by atoms with Crippen LogP contribution in [0, 0.1) is 18.3 Å². The Morgan fingerprint density at radius 1 is 1.43 bits per heavy atom. The van der Waals surface area contributed by atoms with Gasteiger partial charge in [0, 0.05) is 18.8 Å². The van der Waals surface area contributed by atoms with Crippen LogP contribution < -0.4 is 0 Å². The van der Waals surface area contributed by atoms with Crippen molar-refractivity contribution < 1.29 is 9.90 Å². The average Bonchev–Trinajstić information content (AvgIpc) is 2.41. The molecule has 0 atom stereocenters. The third-order valence-electron chi connectivity index (χ3n) is 4.64. The Bertz CT molecular complexity index is 493. The van der Waals surface area contributed by atoms with Crippen molar-refractivity contribution in [2.45, 2.75) is 46.1 Å². The lowest BCUT2D eigenvalue weighted by molar-refractivity contribution is -0.153. The number of aromatic nitrogens is 1. The normalized spacial score (nSPS) is 26.0. The zero-order valence-electron chi connectivity index (χ0n) is 13.3. The number of hydrogen-bond acceptors (Lipinski definition) is 3. The van der Waals surface area contributed by atoms with Crippen LogP contribution in [-0.4, -0.2) is 34.6 Å². The van der Waals surface area contributed by atoms with Crippen molar-refractivity contribution in [1.29, 1.82) is 0 Å². The molecular formula is C17H26N2O2. The van der Waals surface area contributed by atoms with E-state index in [2.05, 4.69) is 16.8 Å². The molecule has 0 unspecified atom stereocenters. The highest BCUT2D eigenvalue weighted by Crippen LogP contribution is 2.39. The van der Waals surface area contributed by atoms with Crippen molar-refractivity contribution >= 4 is 5.97 Å². The molecule has 1 saturated carbocycles. The van der Waals surface area contributed by atoms with Crippen molar-refractivity contribution in [1.82, 2.24) is 9.88 Å². The second-order valence-corrected chi connectivity index (χ2v) is 6.71. The SMILES string of the molecule is Cc1cccc(CN(C)CC2(C(=O)O)CCC(C)CC2)n1. The Morgan fingerprint density at radius 3 is 2.67 bits per heavy atom. The summed E-state index contributed by atoms with van der Waals surface area (Å²) in [4.78, 5) is 18.4. The van der Waals surface area contributed by atoms with Gasteiger partial charge in [-0.15, -0.1) is 0 Å². The predicted molar refractivity (Wildman–Crippen MR) is 83.0 cm³/mol. The molecule has 1 aliphatic rings. The van der Waals surface area contributed by atoms with Gasteiger partial charge in [-0.05, 0) is 57.7 Å². The molecule has 1 heterocycles. The van der Waals surface area contributed by atoms with Crippen LogP contribution in [0.15, 0.2) is 18.2 Å². The van der Waals surface area contributed by atoms with Crippen LogP contribution in [0.2, 0.25) is 0 Å². The third kappa shape index (κ3) is 4.03. The molecule has 116 valence electrons. The predicted octanol–water partition coefficient (Wildman–Crippen LogP) is 3.10. The van der Waals surface area contributed by atoms with Gasteiger partial charge >= 0.3 is 5.97 Å². The van der Waals surface area contributed by atoms with E-state index in [0.717, 1.165) is 37.1 Å². The van der Waals surface area contributed by atoms with Gasteiger partial charge in [0.15, 0.2) is 0 Å². The summed E-state index contributed by atoms with van der Waals surface area (Å²) in [7, 11) is 1.99. The minimum absolute atomic E-state index is 0.578. The van der Waals surface area contributed by atoms with E-state index < -0.39 is 11.4 Å². The molecule has 0 bridgehead atoms. The molecule has 0 radical (unpaired) electrons. The summed E-state index contributed by atoms with van der Waals surface area (Å²) < 4.78 is 0. The highest BCUT2D eigenvalue weighted by molar-refractivity contribution is 5.75. The number of carboxylic acid groups (broad SMARTS) is 1. The molecule has 0 spiro atoms. The number of aryl methyl sites for hydroxylation is 1. The monoisotopic (exact) mass is 290 g/mol.